The smallest absolute Gasteiger partial charge is 0.137 e. The van der Waals surface area contributed by atoms with Crippen LogP contribution in [0.25, 0.3) is 6.08 Å². The topological polar surface area (TPSA) is 21.3 Å². The highest BCUT2D eigenvalue weighted by atomic mass is 35.5. The highest BCUT2D eigenvalue weighted by Gasteiger charge is 2.05. The van der Waals surface area contributed by atoms with Gasteiger partial charge < -0.3 is 10.1 Å². The molecule has 0 saturated carbocycles. The molecule has 0 saturated heterocycles. The SMILES string of the molecule is COc1ccc(C=CCNC(C)(C)C)cc1Cl. The molecule has 94 valence electrons. The van der Waals surface area contributed by atoms with Gasteiger partial charge in [-0.15, -0.1) is 0 Å². The number of nitrogens with one attached hydrogen (secondary N) is 1. The standard InChI is InChI=1S/C14H20ClNO/c1-14(2,3)16-9-5-6-11-7-8-13(17-4)12(15)10-11/h5-8,10,16H,9H2,1-4H3. The molecule has 0 atom stereocenters. The van der Waals surface area contributed by atoms with Gasteiger partial charge in [-0.2, -0.15) is 0 Å². The van der Waals surface area contributed by atoms with Crippen LogP contribution < -0.4 is 10.1 Å². The van der Waals surface area contributed by atoms with Crippen molar-refractivity contribution in [3.05, 3.63) is 34.9 Å². The van der Waals surface area contributed by atoms with Crippen molar-refractivity contribution < 1.29 is 4.74 Å². The zero-order valence-corrected chi connectivity index (χ0v) is 11.6. The Kier molecular flexibility index (Phi) is 5.03. The first-order valence-corrected chi connectivity index (χ1v) is 6.05. The van der Waals surface area contributed by atoms with E-state index in [9.17, 15) is 0 Å². The number of benzene rings is 1. The van der Waals surface area contributed by atoms with E-state index in [0.29, 0.717) is 10.8 Å². The zero-order chi connectivity index (χ0) is 12.9. The van der Waals surface area contributed by atoms with Crippen LogP contribution in [0.3, 0.4) is 0 Å². The van der Waals surface area contributed by atoms with Crippen LogP contribution in [0, 0.1) is 0 Å². The van der Waals surface area contributed by atoms with E-state index in [2.05, 4.69) is 32.2 Å². The summed E-state index contributed by atoms with van der Waals surface area (Å²) in [4.78, 5) is 0. The summed E-state index contributed by atoms with van der Waals surface area (Å²) >= 11 is 6.04. The van der Waals surface area contributed by atoms with Crippen molar-refractivity contribution in [3.8, 4) is 5.75 Å². The third-order valence-electron chi connectivity index (χ3n) is 2.24. The van der Waals surface area contributed by atoms with Crippen LogP contribution >= 0.6 is 11.6 Å². The molecule has 0 aliphatic heterocycles. The highest BCUT2D eigenvalue weighted by Crippen LogP contribution is 2.25. The summed E-state index contributed by atoms with van der Waals surface area (Å²) in [6, 6.07) is 5.76. The lowest BCUT2D eigenvalue weighted by molar-refractivity contribution is 0.415. The largest absolute Gasteiger partial charge is 0.495 e. The summed E-state index contributed by atoms with van der Waals surface area (Å²) in [5.74, 6) is 0.705. The summed E-state index contributed by atoms with van der Waals surface area (Å²) < 4.78 is 5.10. The fourth-order valence-electron chi connectivity index (χ4n) is 1.35. The Morgan fingerprint density at radius 1 is 1.35 bits per heavy atom. The molecule has 0 unspecified atom stereocenters. The highest BCUT2D eigenvalue weighted by molar-refractivity contribution is 6.32. The lowest BCUT2D eigenvalue weighted by atomic mass is 10.1. The van der Waals surface area contributed by atoms with Crippen LogP contribution in [0.1, 0.15) is 26.3 Å². The maximum Gasteiger partial charge on any atom is 0.137 e. The second-order valence-electron chi connectivity index (χ2n) is 4.93. The predicted molar refractivity (Wildman–Crippen MR) is 74.8 cm³/mol. The maximum absolute atomic E-state index is 6.04. The van der Waals surface area contributed by atoms with E-state index < -0.39 is 0 Å². The molecule has 0 heterocycles. The second kappa shape index (κ2) is 6.08. The Morgan fingerprint density at radius 2 is 2.06 bits per heavy atom. The number of hydrogen-bond donors (Lipinski definition) is 1. The molecule has 0 aliphatic carbocycles. The van der Waals surface area contributed by atoms with Crippen LogP contribution in [0.15, 0.2) is 24.3 Å². The second-order valence-corrected chi connectivity index (χ2v) is 5.33. The van der Waals surface area contributed by atoms with Gasteiger partial charge in [0.25, 0.3) is 0 Å². The Balaban J connectivity index is 2.57. The third-order valence-corrected chi connectivity index (χ3v) is 2.53. The van der Waals surface area contributed by atoms with Gasteiger partial charge in [0.1, 0.15) is 5.75 Å². The lowest BCUT2D eigenvalue weighted by Crippen LogP contribution is -2.35. The van der Waals surface area contributed by atoms with Crippen molar-refractivity contribution in [1.29, 1.82) is 0 Å². The van der Waals surface area contributed by atoms with E-state index in [1.807, 2.05) is 24.3 Å². The lowest BCUT2D eigenvalue weighted by Gasteiger charge is -2.18. The molecule has 0 radical (unpaired) electrons. The van der Waals surface area contributed by atoms with Crippen LogP contribution in [-0.4, -0.2) is 19.2 Å². The zero-order valence-electron chi connectivity index (χ0n) is 10.9. The normalized spacial score (nSPS) is 12.1. The molecule has 0 spiro atoms. The Hall–Kier alpha value is -0.990. The van der Waals surface area contributed by atoms with E-state index in [1.165, 1.54) is 0 Å². The molecular formula is C14H20ClNO. The van der Waals surface area contributed by atoms with Crippen LogP contribution in [0.2, 0.25) is 5.02 Å². The van der Waals surface area contributed by atoms with Crippen molar-refractivity contribution >= 4 is 17.7 Å². The van der Waals surface area contributed by atoms with Gasteiger partial charge >= 0.3 is 0 Å². The predicted octanol–water partition coefficient (Wildman–Crippen LogP) is 3.75. The molecule has 1 N–H and O–H groups in total. The molecule has 3 heteroatoms. The minimum Gasteiger partial charge on any atom is -0.495 e. The van der Waals surface area contributed by atoms with Gasteiger partial charge in [0, 0.05) is 12.1 Å². The van der Waals surface area contributed by atoms with Gasteiger partial charge in [0.05, 0.1) is 12.1 Å². The van der Waals surface area contributed by atoms with Gasteiger partial charge in [0.15, 0.2) is 0 Å². The first-order valence-electron chi connectivity index (χ1n) is 5.67. The van der Waals surface area contributed by atoms with Crippen molar-refractivity contribution in [2.45, 2.75) is 26.3 Å². The molecule has 0 aliphatic rings. The summed E-state index contributed by atoms with van der Waals surface area (Å²) in [5.41, 5.74) is 1.22. The molecule has 1 rings (SSSR count). The van der Waals surface area contributed by atoms with Gasteiger partial charge in [-0.1, -0.05) is 29.8 Å². The molecule has 0 fully saturated rings. The van der Waals surface area contributed by atoms with Crippen LogP contribution in [-0.2, 0) is 0 Å². The number of rotatable bonds is 4. The van der Waals surface area contributed by atoms with E-state index in [4.69, 9.17) is 16.3 Å². The molecule has 0 bridgehead atoms. The quantitative estimate of drug-likeness (QED) is 0.883. The van der Waals surface area contributed by atoms with E-state index in [-0.39, 0.29) is 5.54 Å². The minimum absolute atomic E-state index is 0.141. The minimum atomic E-state index is 0.141. The monoisotopic (exact) mass is 253 g/mol. The molecule has 17 heavy (non-hydrogen) atoms. The number of halogens is 1. The third kappa shape index (κ3) is 5.24. The van der Waals surface area contributed by atoms with Gasteiger partial charge in [-0.05, 0) is 38.5 Å². The summed E-state index contributed by atoms with van der Waals surface area (Å²) in [6.07, 6.45) is 4.13. The van der Waals surface area contributed by atoms with Gasteiger partial charge in [-0.25, -0.2) is 0 Å². The van der Waals surface area contributed by atoms with E-state index in [0.717, 1.165) is 12.1 Å². The summed E-state index contributed by atoms with van der Waals surface area (Å²) in [7, 11) is 1.62. The fraction of sp³-hybridized carbons (Fsp3) is 0.429. The van der Waals surface area contributed by atoms with Crippen LogP contribution in [0.5, 0.6) is 5.75 Å². The number of hydrogen-bond acceptors (Lipinski definition) is 2. The maximum atomic E-state index is 6.04. The average Bonchev–Trinajstić information content (AvgIpc) is 2.23. The van der Waals surface area contributed by atoms with Gasteiger partial charge in [-0.3, -0.25) is 0 Å². The first-order chi connectivity index (χ1) is 7.92. The molecular weight excluding hydrogens is 234 g/mol. The fourth-order valence-corrected chi connectivity index (χ4v) is 1.61. The Bertz CT molecular complexity index is 394. The van der Waals surface area contributed by atoms with E-state index >= 15 is 0 Å². The first kappa shape index (κ1) is 14.1. The van der Waals surface area contributed by atoms with E-state index in [1.54, 1.807) is 7.11 Å². The van der Waals surface area contributed by atoms with Crippen molar-refractivity contribution in [1.82, 2.24) is 5.32 Å². The molecule has 1 aromatic rings. The number of ether oxygens (including phenoxy) is 1. The van der Waals surface area contributed by atoms with Gasteiger partial charge in [0.2, 0.25) is 0 Å². The molecule has 2 nitrogen and oxygen atoms in total. The van der Waals surface area contributed by atoms with Crippen molar-refractivity contribution in [2.75, 3.05) is 13.7 Å². The van der Waals surface area contributed by atoms with Crippen molar-refractivity contribution in [2.24, 2.45) is 0 Å². The average molecular weight is 254 g/mol. The van der Waals surface area contributed by atoms with Crippen LogP contribution in [0.4, 0.5) is 0 Å². The summed E-state index contributed by atoms with van der Waals surface area (Å²) in [6.45, 7) is 7.27. The molecule has 0 aromatic heterocycles. The molecule has 1 aromatic carbocycles. The summed E-state index contributed by atoms with van der Waals surface area (Å²) in [5, 5.41) is 4.02. The Labute approximate surface area is 109 Å². The van der Waals surface area contributed by atoms with Crippen molar-refractivity contribution in [3.63, 3.8) is 0 Å². The number of methoxy groups -OCH3 is 1. The molecule has 0 amide bonds. The Morgan fingerprint density at radius 3 is 2.59 bits per heavy atom.